The molecule has 1 atom stereocenters. The molecule has 0 saturated heterocycles. The minimum Gasteiger partial charge on any atom is -0.399 e. The maximum atomic E-state index is 5.74. The van der Waals surface area contributed by atoms with Crippen LogP contribution in [0.2, 0.25) is 0 Å². The molecule has 3 N–H and O–H groups in total. The lowest BCUT2D eigenvalue weighted by molar-refractivity contribution is 0.409. The van der Waals surface area contributed by atoms with Crippen molar-refractivity contribution in [1.29, 1.82) is 0 Å². The second kappa shape index (κ2) is 7.54. The number of rotatable bonds is 8. The van der Waals surface area contributed by atoms with Gasteiger partial charge in [-0.1, -0.05) is 52.2 Å². The van der Waals surface area contributed by atoms with Crippen molar-refractivity contribution in [2.24, 2.45) is 0 Å². The Kier molecular flexibility index (Phi) is 6.36. The molecule has 0 aliphatic heterocycles. The minimum absolute atomic E-state index is 0.146. The van der Waals surface area contributed by atoms with Gasteiger partial charge in [-0.05, 0) is 31.0 Å². The van der Waals surface area contributed by atoms with Crippen LogP contribution in [0.15, 0.2) is 24.3 Å². The van der Waals surface area contributed by atoms with Crippen molar-refractivity contribution in [3.8, 4) is 0 Å². The van der Waals surface area contributed by atoms with Crippen LogP contribution in [0.25, 0.3) is 0 Å². The first-order valence-electron chi connectivity index (χ1n) is 7.55. The van der Waals surface area contributed by atoms with Gasteiger partial charge in [0, 0.05) is 23.7 Å². The summed E-state index contributed by atoms with van der Waals surface area (Å²) in [4.78, 5) is 0. The van der Waals surface area contributed by atoms with Gasteiger partial charge in [0.1, 0.15) is 0 Å². The smallest absolute Gasteiger partial charge is 0.0314 e. The van der Waals surface area contributed by atoms with E-state index in [4.69, 9.17) is 5.73 Å². The standard InChI is InChI=1S/C17H30N2/c1-5-6-7-8-14(2)19-13-17(3,4)15-9-11-16(18)12-10-15/h9-12,14,19H,5-8,13,18H2,1-4H3. The van der Waals surface area contributed by atoms with E-state index in [1.807, 2.05) is 12.1 Å². The van der Waals surface area contributed by atoms with E-state index >= 15 is 0 Å². The predicted molar refractivity (Wildman–Crippen MR) is 85.5 cm³/mol. The molecule has 0 heterocycles. The normalized spacial score (nSPS) is 13.5. The van der Waals surface area contributed by atoms with Crippen molar-refractivity contribution in [2.75, 3.05) is 12.3 Å². The molecule has 2 heteroatoms. The Labute approximate surface area is 118 Å². The van der Waals surface area contributed by atoms with Gasteiger partial charge in [-0.25, -0.2) is 0 Å². The highest BCUT2D eigenvalue weighted by atomic mass is 14.9. The number of nitrogens with two attached hydrogens (primary N) is 1. The summed E-state index contributed by atoms with van der Waals surface area (Å²) in [5.74, 6) is 0. The van der Waals surface area contributed by atoms with Gasteiger partial charge in [0.25, 0.3) is 0 Å². The van der Waals surface area contributed by atoms with Crippen molar-refractivity contribution in [1.82, 2.24) is 5.32 Å². The van der Waals surface area contributed by atoms with E-state index in [9.17, 15) is 0 Å². The summed E-state index contributed by atoms with van der Waals surface area (Å²) in [5.41, 5.74) is 8.07. The lowest BCUT2D eigenvalue weighted by Gasteiger charge is -2.28. The molecule has 0 aromatic heterocycles. The first-order chi connectivity index (χ1) is 8.95. The van der Waals surface area contributed by atoms with Crippen LogP contribution in [0.3, 0.4) is 0 Å². The van der Waals surface area contributed by atoms with Crippen LogP contribution >= 0.6 is 0 Å². The number of nitrogen functional groups attached to an aromatic ring is 1. The summed E-state index contributed by atoms with van der Waals surface area (Å²) < 4.78 is 0. The topological polar surface area (TPSA) is 38.0 Å². The third kappa shape index (κ3) is 5.65. The molecule has 0 aliphatic rings. The predicted octanol–water partition coefficient (Wildman–Crippen LogP) is 4.10. The van der Waals surface area contributed by atoms with Crippen molar-refractivity contribution in [3.63, 3.8) is 0 Å². The Balaban J connectivity index is 2.43. The molecule has 108 valence electrons. The highest BCUT2D eigenvalue weighted by Crippen LogP contribution is 2.23. The summed E-state index contributed by atoms with van der Waals surface area (Å²) in [6.07, 6.45) is 5.23. The molecule has 0 aliphatic carbocycles. The second-order valence-corrected chi connectivity index (χ2v) is 6.28. The van der Waals surface area contributed by atoms with Gasteiger partial charge in [0.05, 0.1) is 0 Å². The van der Waals surface area contributed by atoms with E-state index in [-0.39, 0.29) is 5.41 Å². The van der Waals surface area contributed by atoms with Crippen LogP contribution in [-0.4, -0.2) is 12.6 Å². The summed E-state index contributed by atoms with van der Waals surface area (Å²) in [5, 5.41) is 3.66. The van der Waals surface area contributed by atoms with Gasteiger partial charge in [-0.2, -0.15) is 0 Å². The molecule has 19 heavy (non-hydrogen) atoms. The maximum Gasteiger partial charge on any atom is 0.0314 e. The molecule has 1 aromatic carbocycles. The van der Waals surface area contributed by atoms with Crippen molar-refractivity contribution in [2.45, 2.75) is 64.8 Å². The molecule has 0 radical (unpaired) electrons. The Bertz CT molecular complexity index is 354. The molecule has 2 nitrogen and oxygen atoms in total. The summed E-state index contributed by atoms with van der Waals surface area (Å²) in [6.45, 7) is 10.1. The van der Waals surface area contributed by atoms with Gasteiger partial charge in [-0.3, -0.25) is 0 Å². The van der Waals surface area contributed by atoms with Crippen LogP contribution in [-0.2, 0) is 5.41 Å². The zero-order valence-electron chi connectivity index (χ0n) is 13.0. The fraction of sp³-hybridized carbons (Fsp3) is 0.647. The minimum atomic E-state index is 0.146. The molecule has 0 saturated carbocycles. The van der Waals surface area contributed by atoms with Gasteiger partial charge < -0.3 is 11.1 Å². The van der Waals surface area contributed by atoms with E-state index in [1.165, 1.54) is 31.2 Å². The molecule has 1 unspecified atom stereocenters. The SMILES string of the molecule is CCCCCC(C)NCC(C)(C)c1ccc(N)cc1. The molecule has 0 fully saturated rings. The molecular formula is C17H30N2. The van der Waals surface area contributed by atoms with Crippen LogP contribution < -0.4 is 11.1 Å². The highest BCUT2D eigenvalue weighted by molar-refractivity contribution is 5.41. The summed E-state index contributed by atoms with van der Waals surface area (Å²) >= 11 is 0. The van der Waals surface area contributed by atoms with Gasteiger partial charge >= 0.3 is 0 Å². The Morgan fingerprint density at radius 3 is 2.37 bits per heavy atom. The molecular weight excluding hydrogens is 232 g/mol. The highest BCUT2D eigenvalue weighted by Gasteiger charge is 2.20. The second-order valence-electron chi connectivity index (χ2n) is 6.28. The van der Waals surface area contributed by atoms with Crippen molar-refractivity contribution < 1.29 is 0 Å². The van der Waals surface area contributed by atoms with E-state index in [0.717, 1.165) is 12.2 Å². The monoisotopic (exact) mass is 262 g/mol. The van der Waals surface area contributed by atoms with E-state index in [1.54, 1.807) is 0 Å². The number of nitrogens with one attached hydrogen (secondary N) is 1. The number of hydrogen-bond acceptors (Lipinski definition) is 2. The summed E-state index contributed by atoms with van der Waals surface area (Å²) in [7, 11) is 0. The third-order valence-electron chi connectivity index (χ3n) is 3.83. The first kappa shape index (κ1) is 16.0. The van der Waals surface area contributed by atoms with Crippen LogP contribution in [0, 0.1) is 0 Å². The maximum absolute atomic E-state index is 5.74. The number of anilines is 1. The Morgan fingerprint density at radius 2 is 1.79 bits per heavy atom. The van der Waals surface area contributed by atoms with Crippen molar-refractivity contribution in [3.05, 3.63) is 29.8 Å². The number of benzene rings is 1. The Hall–Kier alpha value is -1.02. The van der Waals surface area contributed by atoms with E-state index in [2.05, 4.69) is 45.1 Å². The fourth-order valence-electron chi connectivity index (χ4n) is 2.27. The first-order valence-corrected chi connectivity index (χ1v) is 7.55. The van der Waals surface area contributed by atoms with E-state index < -0.39 is 0 Å². The lowest BCUT2D eigenvalue weighted by Crippen LogP contribution is -2.37. The number of hydrogen-bond donors (Lipinski definition) is 2. The Morgan fingerprint density at radius 1 is 1.16 bits per heavy atom. The molecule has 0 amide bonds. The molecule has 0 spiro atoms. The summed E-state index contributed by atoms with van der Waals surface area (Å²) in [6, 6.07) is 8.85. The number of unbranched alkanes of at least 4 members (excludes halogenated alkanes) is 2. The van der Waals surface area contributed by atoms with E-state index in [0.29, 0.717) is 6.04 Å². The average Bonchev–Trinajstić information content (AvgIpc) is 2.37. The zero-order valence-corrected chi connectivity index (χ0v) is 13.0. The van der Waals surface area contributed by atoms with Gasteiger partial charge in [-0.15, -0.1) is 0 Å². The van der Waals surface area contributed by atoms with Gasteiger partial charge in [0.2, 0.25) is 0 Å². The average molecular weight is 262 g/mol. The molecule has 1 rings (SSSR count). The van der Waals surface area contributed by atoms with Crippen molar-refractivity contribution >= 4 is 5.69 Å². The largest absolute Gasteiger partial charge is 0.399 e. The van der Waals surface area contributed by atoms with Crippen LogP contribution in [0.4, 0.5) is 5.69 Å². The lowest BCUT2D eigenvalue weighted by atomic mass is 9.84. The van der Waals surface area contributed by atoms with Gasteiger partial charge in [0.15, 0.2) is 0 Å². The van der Waals surface area contributed by atoms with Crippen LogP contribution in [0.5, 0.6) is 0 Å². The fourth-order valence-corrected chi connectivity index (χ4v) is 2.27. The molecule has 1 aromatic rings. The zero-order chi connectivity index (χ0) is 14.3. The quantitative estimate of drug-likeness (QED) is 0.546. The third-order valence-corrected chi connectivity index (χ3v) is 3.83. The molecule has 0 bridgehead atoms. The van der Waals surface area contributed by atoms with Crippen LogP contribution in [0.1, 0.15) is 58.9 Å².